The Balaban J connectivity index is 1.73. The van der Waals surface area contributed by atoms with E-state index >= 15 is 0 Å². The lowest BCUT2D eigenvalue weighted by molar-refractivity contribution is 0.0736. The van der Waals surface area contributed by atoms with Crippen molar-refractivity contribution in [2.24, 2.45) is 0 Å². The van der Waals surface area contributed by atoms with Crippen LogP contribution in [0.3, 0.4) is 0 Å². The Morgan fingerprint density at radius 2 is 1.67 bits per heavy atom. The van der Waals surface area contributed by atoms with Crippen LogP contribution in [0, 0.1) is 24.4 Å². The molecule has 1 amide bonds. The van der Waals surface area contributed by atoms with Gasteiger partial charge in [0.05, 0.1) is 5.69 Å². The molecule has 24 heavy (non-hydrogen) atoms. The van der Waals surface area contributed by atoms with Crippen molar-refractivity contribution < 1.29 is 18.0 Å². The van der Waals surface area contributed by atoms with Gasteiger partial charge in [-0.05, 0) is 19.1 Å². The van der Waals surface area contributed by atoms with Crippen LogP contribution in [0.5, 0.6) is 0 Å². The topological polar surface area (TPSA) is 49.3 Å². The molecule has 1 fully saturated rings. The molecule has 1 aromatic carbocycles. The van der Waals surface area contributed by atoms with E-state index in [1.165, 1.54) is 17.3 Å². The molecule has 1 aliphatic rings. The Morgan fingerprint density at radius 3 is 2.29 bits per heavy atom. The van der Waals surface area contributed by atoms with E-state index in [9.17, 15) is 18.0 Å². The Bertz CT molecular complexity index is 756. The average Bonchev–Trinajstić information content (AvgIpc) is 2.57. The maximum absolute atomic E-state index is 14.1. The Hall–Kier alpha value is -2.64. The Labute approximate surface area is 136 Å². The first kappa shape index (κ1) is 16.2. The van der Waals surface area contributed by atoms with Crippen molar-refractivity contribution in [2.45, 2.75) is 6.92 Å². The summed E-state index contributed by atoms with van der Waals surface area (Å²) in [6.07, 6.45) is 1.28. The number of benzene rings is 1. The van der Waals surface area contributed by atoms with Crippen LogP contribution in [-0.2, 0) is 0 Å². The fraction of sp³-hybridized carbons (Fsp3) is 0.312. The van der Waals surface area contributed by atoms with Gasteiger partial charge in [0.15, 0.2) is 11.6 Å². The molecular formula is C16H15F3N4O. The molecule has 0 radical (unpaired) electrons. The molecule has 1 aliphatic heterocycles. The zero-order valence-electron chi connectivity index (χ0n) is 13.0. The van der Waals surface area contributed by atoms with Crippen molar-refractivity contribution >= 4 is 11.7 Å². The quantitative estimate of drug-likeness (QED) is 0.843. The van der Waals surface area contributed by atoms with Gasteiger partial charge in [-0.1, -0.05) is 6.07 Å². The average molecular weight is 336 g/mol. The normalized spacial score (nSPS) is 14.8. The van der Waals surface area contributed by atoms with Crippen LogP contribution < -0.4 is 4.90 Å². The number of rotatable bonds is 2. The van der Waals surface area contributed by atoms with E-state index in [4.69, 9.17) is 0 Å². The highest BCUT2D eigenvalue weighted by molar-refractivity contribution is 5.95. The molecule has 0 N–H and O–H groups in total. The van der Waals surface area contributed by atoms with E-state index in [-0.39, 0.29) is 24.6 Å². The molecule has 0 saturated carbocycles. The monoisotopic (exact) mass is 336 g/mol. The number of halogens is 3. The number of carbonyl (C=O) groups excluding carboxylic acids is 1. The molecule has 3 rings (SSSR count). The molecule has 1 saturated heterocycles. The van der Waals surface area contributed by atoms with Crippen LogP contribution in [0.1, 0.15) is 16.1 Å². The summed E-state index contributed by atoms with van der Waals surface area (Å²) in [5.41, 5.74) is -0.318. The number of aromatic nitrogens is 2. The molecule has 5 nitrogen and oxygen atoms in total. The molecule has 0 atom stereocenters. The lowest BCUT2D eigenvalue weighted by atomic mass is 10.1. The third-order valence-electron chi connectivity index (χ3n) is 3.99. The molecule has 126 valence electrons. The minimum Gasteiger partial charge on any atom is -0.351 e. The molecule has 1 aromatic heterocycles. The molecule has 8 heteroatoms. The number of anilines is 1. The standard InChI is InChI=1S/C16H15F3N4O/c1-10-14(19)15(21-9-20-10)22-5-7-23(8-6-22)16(24)13-11(17)3-2-4-12(13)18/h2-4,9H,5-8H2,1H3. The molecule has 0 unspecified atom stereocenters. The summed E-state index contributed by atoms with van der Waals surface area (Å²) in [6, 6.07) is 3.30. The van der Waals surface area contributed by atoms with E-state index in [2.05, 4.69) is 9.97 Å². The van der Waals surface area contributed by atoms with Gasteiger partial charge in [0.1, 0.15) is 23.5 Å². The smallest absolute Gasteiger partial charge is 0.259 e. The highest BCUT2D eigenvalue weighted by Crippen LogP contribution is 2.21. The van der Waals surface area contributed by atoms with Crippen LogP contribution >= 0.6 is 0 Å². The van der Waals surface area contributed by atoms with Crippen LogP contribution in [0.15, 0.2) is 24.5 Å². The summed E-state index contributed by atoms with van der Waals surface area (Å²) in [5.74, 6) is -2.81. The predicted octanol–water partition coefficient (Wildman–Crippen LogP) is 2.16. The lowest BCUT2D eigenvalue weighted by Gasteiger charge is -2.35. The summed E-state index contributed by atoms with van der Waals surface area (Å²) in [6.45, 7) is 2.61. The summed E-state index contributed by atoms with van der Waals surface area (Å²) >= 11 is 0. The van der Waals surface area contributed by atoms with Gasteiger partial charge in [-0.3, -0.25) is 4.79 Å². The third-order valence-corrected chi connectivity index (χ3v) is 3.99. The van der Waals surface area contributed by atoms with E-state index in [0.717, 1.165) is 12.1 Å². The van der Waals surface area contributed by atoms with E-state index in [1.807, 2.05) is 0 Å². The number of aryl methyl sites for hydroxylation is 1. The maximum atomic E-state index is 14.1. The van der Waals surface area contributed by atoms with Crippen molar-refractivity contribution in [3.63, 3.8) is 0 Å². The van der Waals surface area contributed by atoms with Crippen LogP contribution in [0.4, 0.5) is 19.0 Å². The second kappa shape index (κ2) is 6.46. The maximum Gasteiger partial charge on any atom is 0.259 e. The van der Waals surface area contributed by atoms with Gasteiger partial charge in [0.2, 0.25) is 0 Å². The van der Waals surface area contributed by atoms with Gasteiger partial charge in [0, 0.05) is 26.2 Å². The molecule has 2 aromatic rings. The van der Waals surface area contributed by atoms with Crippen LogP contribution in [-0.4, -0.2) is 47.0 Å². The minimum atomic E-state index is -0.889. The fourth-order valence-corrected chi connectivity index (χ4v) is 2.65. The van der Waals surface area contributed by atoms with Crippen LogP contribution in [0.25, 0.3) is 0 Å². The minimum absolute atomic E-state index is 0.173. The van der Waals surface area contributed by atoms with Crippen LogP contribution in [0.2, 0.25) is 0 Å². The Kier molecular flexibility index (Phi) is 4.37. The first-order valence-electron chi connectivity index (χ1n) is 7.44. The summed E-state index contributed by atoms with van der Waals surface area (Å²) in [5, 5.41) is 0. The first-order valence-corrected chi connectivity index (χ1v) is 7.44. The fourth-order valence-electron chi connectivity index (χ4n) is 2.65. The highest BCUT2D eigenvalue weighted by atomic mass is 19.1. The van der Waals surface area contributed by atoms with E-state index in [1.54, 1.807) is 11.8 Å². The van der Waals surface area contributed by atoms with Gasteiger partial charge in [-0.25, -0.2) is 23.1 Å². The van der Waals surface area contributed by atoms with Gasteiger partial charge >= 0.3 is 0 Å². The zero-order valence-corrected chi connectivity index (χ0v) is 13.0. The summed E-state index contributed by atoms with van der Waals surface area (Å²) in [7, 11) is 0. The summed E-state index contributed by atoms with van der Waals surface area (Å²) in [4.78, 5) is 23.1. The van der Waals surface area contributed by atoms with E-state index < -0.39 is 28.9 Å². The van der Waals surface area contributed by atoms with Gasteiger partial charge in [-0.15, -0.1) is 0 Å². The molecule has 0 bridgehead atoms. The van der Waals surface area contributed by atoms with Gasteiger partial charge < -0.3 is 9.80 Å². The van der Waals surface area contributed by atoms with Gasteiger partial charge in [0.25, 0.3) is 5.91 Å². The first-order chi connectivity index (χ1) is 11.5. The van der Waals surface area contributed by atoms with Crippen molar-refractivity contribution in [3.8, 4) is 0 Å². The van der Waals surface area contributed by atoms with E-state index in [0.29, 0.717) is 13.1 Å². The second-order valence-corrected chi connectivity index (χ2v) is 5.47. The van der Waals surface area contributed by atoms with Crippen molar-refractivity contribution in [1.82, 2.24) is 14.9 Å². The largest absolute Gasteiger partial charge is 0.351 e. The number of carbonyl (C=O) groups is 1. The number of hydrogen-bond donors (Lipinski definition) is 0. The molecule has 0 aliphatic carbocycles. The number of nitrogens with zero attached hydrogens (tertiary/aromatic N) is 4. The second-order valence-electron chi connectivity index (χ2n) is 5.47. The predicted molar refractivity (Wildman–Crippen MR) is 81.2 cm³/mol. The van der Waals surface area contributed by atoms with Crippen molar-refractivity contribution in [2.75, 3.05) is 31.1 Å². The lowest BCUT2D eigenvalue weighted by Crippen LogP contribution is -2.49. The Morgan fingerprint density at radius 1 is 1.04 bits per heavy atom. The van der Waals surface area contributed by atoms with Crippen molar-refractivity contribution in [3.05, 3.63) is 53.2 Å². The van der Waals surface area contributed by atoms with Crippen molar-refractivity contribution in [1.29, 1.82) is 0 Å². The highest BCUT2D eigenvalue weighted by Gasteiger charge is 2.28. The molecule has 0 spiro atoms. The number of piperazine rings is 1. The summed E-state index contributed by atoms with van der Waals surface area (Å²) < 4.78 is 41.5. The number of amides is 1. The number of hydrogen-bond acceptors (Lipinski definition) is 4. The molecule has 2 heterocycles. The van der Waals surface area contributed by atoms with Gasteiger partial charge in [-0.2, -0.15) is 0 Å². The third kappa shape index (κ3) is 2.91. The molecular weight excluding hydrogens is 321 g/mol. The SMILES string of the molecule is Cc1ncnc(N2CCN(C(=O)c3c(F)cccc3F)CC2)c1F. The zero-order chi connectivity index (χ0) is 17.3.